The Hall–Kier alpha value is -3.06. The molecule has 1 aliphatic rings. The smallest absolute Gasteiger partial charge is 0.246 e. The van der Waals surface area contributed by atoms with Gasteiger partial charge in [0.15, 0.2) is 11.6 Å². The molecule has 4 rings (SSSR count). The van der Waals surface area contributed by atoms with Crippen LogP contribution in [0.3, 0.4) is 0 Å². The molecule has 3 N–H and O–H groups in total. The van der Waals surface area contributed by atoms with Crippen LogP contribution < -0.4 is 20.7 Å². The van der Waals surface area contributed by atoms with E-state index in [-0.39, 0.29) is 47.1 Å². The molecule has 45 heavy (non-hydrogen) atoms. The number of carbonyl (C=O) groups excluding carboxylic acids is 3. The number of Topliss-reactive ketones (excluding diaryl/α,β-unsaturated/α-hetero) is 1. The van der Waals surface area contributed by atoms with Crippen LogP contribution in [0.25, 0.3) is 10.9 Å². The molecular formula is C31H38BrCl2FN6O4. The number of amides is 2. The Morgan fingerprint density at radius 2 is 1.93 bits per heavy atom. The first-order valence-electron chi connectivity index (χ1n) is 14.3. The molecule has 0 aliphatic carbocycles. The van der Waals surface area contributed by atoms with Gasteiger partial charge in [0.25, 0.3) is 0 Å². The Labute approximate surface area is 281 Å². The van der Waals surface area contributed by atoms with Crippen LogP contribution in [0.4, 0.5) is 15.9 Å². The number of likely N-dealkylation sites (N-methyl/N-ethyl adjacent to an activating group) is 1. The number of benzene rings is 2. The minimum atomic E-state index is -0.812. The van der Waals surface area contributed by atoms with Gasteiger partial charge in [-0.15, -0.1) is 12.4 Å². The van der Waals surface area contributed by atoms with Gasteiger partial charge in [0.1, 0.15) is 23.9 Å². The van der Waals surface area contributed by atoms with Gasteiger partial charge in [-0.05, 0) is 66.4 Å². The molecule has 1 aliphatic heterocycles. The molecule has 244 valence electrons. The van der Waals surface area contributed by atoms with Crippen molar-refractivity contribution >= 4 is 79.9 Å². The topological polar surface area (TPSA) is 126 Å². The molecule has 2 aromatic carbocycles. The molecule has 2 amide bonds. The van der Waals surface area contributed by atoms with E-state index in [1.165, 1.54) is 19.5 Å². The second-order valence-electron chi connectivity index (χ2n) is 11.9. The predicted octanol–water partition coefficient (Wildman–Crippen LogP) is 5.60. The number of ether oxygens (including phenoxy) is 1. The van der Waals surface area contributed by atoms with Crippen LogP contribution in [0.1, 0.15) is 46.1 Å². The lowest BCUT2D eigenvalue weighted by Crippen LogP contribution is -2.58. The lowest BCUT2D eigenvalue weighted by atomic mass is 9.85. The molecule has 2 heterocycles. The fraction of sp³-hybridized carbons (Fsp3) is 0.452. The van der Waals surface area contributed by atoms with Crippen LogP contribution in [0.5, 0.6) is 5.75 Å². The molecule has 3 atom stereocenters. The van der Waals surface area contributed by atoms with Gasteiger partial charge in [-0.3, -0.25) is 14.4 Å². The Morgan fingerprint density at radius 3 is 2.58 bits per heavy atom. The predicted molar refractivity (Wildman–Crippen MR) is 179 cm³/mol. The number of nitrogens with zero attached hydrogens (tertiary/aromatic N) is 3. The number of fused-ring (bicyclic) bond motifs is 1. The van der Waals surface area contributed by atoms with Gasteiger partial charge < -0.3 is 25.6 Å². The van der Waals surface area contributed by atoms with Gasteiger partial charge in [0, 0.05) is 34.5 Å². The third-order valence-corrected chi connectivity index (χ3v) is 9.08. The summed E-state index contributed by atoms with van der Waals surface area (Å²) < 4.78 is 20.9. The maximum atomic E-state index is 14.9. The van der Waals surface area contributed by atoms with Gasteiger partial charge in [-0.25, -0.2) is 14.4 Å². The standard InChI is InChI=1S/C31H37BrClFN6O4.ClH/c1-16(35-5)29(42)39-27(31(2,3)4)30(43)40-11-7-8-22(40)23(41)13-17-12-18-21(14-24(17)44-6)36-15-37-28(18)38-20-10-9-19(32)25(33)26(20)34;/h9-10,12,14-16,22,27,35H,7-8,11,13H2,1-6H3,(H,39,42)(H,36,37,38);1H/t16-,22-,27+;/m0./s1. The number of rotatable bonds is 10. The monoisotopic (exact) mass is 726 g/mol. The van der Waals surface area contributed by atoms with E-state index in [9.17, 15) is 18.8 Å². The lowest BCUT2D eigenvalue weighted by molar-refractivity contribution is -0.143. The zero-order valence-corrected chi connectivity index (χ0v) is 29.1. The summed E-state index contributed by atoms with van der Waals surface area (Å²) in [7, 11) is 3.18. The first-order chi connectivity index (χ1) is 20.8. The molecule has 1 saturated heterocycles. The first-order valence-corrected chi connectivity index (χ1v) is 15.5. The van der Waals surface area contributed by atoms with Gasteiger partial charge in [-0.2, -0.15) is 0 Å². The van der Waals surface area contributed by atoms with Crippen LogP contribution in [-0.2, 0) is 20.8 Å². The summed E-state index contributed by atoms with van der Waals surface area (Å²) >= 11 is 9.29. The number of likely N-dealkylation sites (tertiary alicyclic amines) is 1. The van der Waals surface area contributed by atoms with E-state index in [0.717, 1.165) is 0 Å². The quantitative estimate of drug-likeness (QED) is 0.231. The molecule has 1 fully saturated rings. The molecule has 1 aromatic heterocycles. The van der Waals surface area contributed by atoms with E-state index < -0.39 is 29.4 Å². The molecule has 0 saturated carbocycles. The Balaban J connectivity index is 0.00000552. The van der Waals surface area contributed by atoms with E-state index in [4.69, 9.17) is 16.3 Å². The van der Waals surface area contributed by atoms with Crippen molar-refractivity contribution in [2.75, 3.05) is 26.0 Å². The normalized spacial score (nSPS) is 16.1. The largest absolute Gasteiger partial charge is 0.496 e. The Kier molecular flexibility index (Phi) is 12.2. The summed E-state index contributed by atoms with van der Waals surface area (Å²) in [5, 5.41) is 9.24. The summed E-state index contributed by atoms with van der Waals surface area (Å²) in [5.74, 6) is -0.613. The van der Waals surface area contributed by atoms with Gasteiger partial charge in [-0.1, -0.05) is 32.4 Å². The summed E-state index contributed by atoms with van der Waals surface area (Å²) in [6.45, 7) is 7.78. The minimum absolute atomic E-state index is 0. The number of ketones is 1. The molecule has 0 unspecified atom stereocenters. The fourth-order valence-corrected chi connectivity index (χ4v) is 5.66. The second kappa shape index (κ2) is 15.0. The van der Waals surface area contributed by atoms with Crippen LogP contribution in [0.15, 0.2) is 35.1 Å². The van der Waals surface area contributed by atoms with Crippen LogP contribution >= 0.6 is 39.9 Å². The molecule has 0 spiro atoms. The maximum absolute atomic E-state index is 14.9. The average Bonchev–Trinajstić information content (AvgIpc) is 3.49. The van der Waals surface area contributed by atoms with Crippen molar-refractivity contribution in [1.29, 1.82) is 0 Å². The zero-order valence-electron chi connectivity index (χ0n) is 26.0. The molecule has 0 radical (unpaired) electrons. The second-order valence-corrected chi connectivity index (χ2v) is 13.1. The summed E-state index contributed by atoms with van der Waals surface area (Å²) in [6, 6.07) is 4.64. The number of nitrogens with one attached hydrogen (secondary N) is 3. The molecular weight excluding hydrogens is 690 g/mol. The zero-order chi connectivity index (χ0) is 32.3. The summed E-state index contributed by atoms with van der Waals surface area (Å²) in [4.78, 5) is 50.6. The summed E-state index contributed by atoms with van der Waals surface area (Å²) in [6.07, 6.45) is 2.50. The number of methoxy groups -OCH3 is 1. The van der Waals surface area contributed by atoms with Crippen molar-refractivity contribution in [1.82, 2.24) is 25.5 Å². The van der Waals surface area contributed by atoms with Gasteiger partial charge in [0.2, 0.25) is 11.8 Å². The Morgan fingerprint density at radius 1 is 1.22 bits per heavy atom. The average molecular weight is 728 g/mol. The number of anilines is 2. The van der Waals surface area contributed by atoms with Crippen molar-refractivity contribution in [3.8, 4) is 5.75 Å². The van der Waals surface area contributed by atoms with Crippen molar-refractivity contribution in [3.05, 3.63) is 51.5 Å². The highest BCUT2D eigenvalue weighted by molar-refractivity contribution is 9.10. The molecule has 0 bridgehead atoms. The lowest BCUT2D eigenvalue weighted by Gasteiger charge is -2.36. The van der Waals surface area contributed by atoms with Gasteiger partial charge >= 0.3 is 0 Å². The highest BCUT2D eigenvalue weighted by atomic mass is 79.9. The Bertz CT molecular complexity index is 1590. The van der Waals surface area contributed by atoms with E-state index in [2.05, 4.69) is 41.8 Å². The highest BCUT2D eigenvalue weighted by Crippen LogP contribution is 2.35. The van der Waals surface area contributed by atoms with Crippen molar-refractivity contribution < 1.29 is 23.5 Å². The van der Waals surface area contributed by atoms with E-state index in [1.54, 1.807) is 37.1 Å². The van der Waals surface area contributed by atoms with E-state index >= 15 is 0 Å². The summed E-state index contributed by atoms with van der Waals surface area (Å²) in [5.41, 5.74) is 0.632. The first kappa shape index (κ1) is 36.4. The number of hydrogen-bond acceptors (Lipinski definition) is 8. The number of aromatic nitrogens is 2. The van der Waals surface area contributed by atoms with E-state index in [1.807, 2.05) is 20.8 Å². The van der Waals surface area contributed by atoms with Crippen molar-refractivity contribution in [3.63, 3.8) is 0 Å². The molecule has 3 aromatic rings. The van der Waals surface area contributed by atoms with E-state index in [0.29, 0.717) is 51.9 Å². The fourth-order valence-electron chi connectivity index (χ4n) is 5.19. The van der Waals surface area contributed by atoms with Crippen LogP contribution in [0, 0.1) is 11.2 Å². The maximum Gasteiger partial charge on any atom is 0.246 e. The molecule has 10 nitrogen and oxygen atoms in total. The molecule has 14 heteroatoms. The minimum Gasteiger partial charge on any atom is -0.496 e. The number of carbonyl (C=O) groups is 3. The number of hydrogen-bond donors (Lipinski definition) is 3. The van der Waals surface area contributed by atoms with Crippen LogP contribution in [-0.4, -0.2) is 71.3 Å². The van der Waals surface area contributed by atoms with Crippen LogP contribution in [0.2, 0.25) is 5.02 Å². The number of halogens is 4. The van der Waals surface area contributed by atoms with Gasteiger partial charge in [0.05, 0.1) is 35.4 Å². The highest BCUT2D eigenvalue weighted by Gasteiger charge is 2.42. The third-order valence-electron chi connectivity index (χ3n) is 7.82. The van der Waals surface area contributed by atoms with Crippen molar-refractivity contribution in [2.24, 2.45) is 5.41 Å². The SMILES string of the molecule is CN[C@@H](C)C(=O)N[C@H](C(=O)N1CCC[C@H]1C(=O)Cc1cc2c(Nc3ccc(Br)c(Cl)c3F)ncnc2cc1OC)C(C)(C)C.Cl. The van der Waals surface area contributed by atoms with Crippen molar-refractivity contribution in [2.45, 2.75) is 65.1 Å². The third kappa shape index (κ3) is 8.03.